The zero-order valence-corrected chi connectivity index (χ0v) is 14.3. The van der Waals surface area contributed by atoms with Crippen molar-refractivity contribution in [3.05, 3.63) is 71.3 Å². The van der Waals surface area contributed by atoms with Crippen molar-refractivity contribution in [1.29, 1.82) is 0 Å². The van der Waals surface area contributed by atoms with Crippen LogP contribution < -0.4 is 0 Å². The fourth-order valence-electron chi connectivity index (χ4n) is 3.04. The number of benzene rings is 2. The minimum absolute atomic E-state index is 0.0352. The molecule has 25 heavy (non-hydrogen) atoms. The Kier molecular flexibility index (Phi) is 4.86. The number of halogens is 2. The van der Waals surface area contributed by atoms with Crippen molar-refractivity contribution < 1.29 is 18.3 Å². The van der Waals surface area contributed by atoms with E-state index in [1.165, 1.54) is 24.3 Å². The van der Waals surface area contributed by atoms with Crippen molar-refractivity contribution in [2.75, 3.05) is 13.2 Å². The van der Waals surface area contributed by atoms with E-state index in [-0.39, 0.29) is 30.1 Å². The minimum Gasteiger partial charge on any atom is -0.369 e. The van der Waals surface area contributed by atoms with Crippen LogP contribution in [0.15, 0.2) is 48.5 Å². The maximum absolute atomic E-state index is 13.1. The molecule has 2 aromatic carbocycles. The number of rotatable bonds is 3. The number of hydrogen-bond donors (Lipinski definition) is 0. The number of morpholine rings is 1. The number of carbonyl (C=O) groups is 1. The van der Waals surface area contributed by atoms with Gasteiger partial charge in [-0.15, -0.1) is 0 Å². The van der Waals surface area contributed by atoms with Crippen LogP contribution in [0.25, 0.3) is 0 Å². The molecule has 3 rings (SSSR count). The molecule has 0 radical (unpaired) electrons. The highest BCUT2D eigenvalue weighted by Gasteiger charge is 2.38. The van der Waals surface area contributed by atoms with Crippen LogP contribution in [-0.2, 0) is 16.0 Å². The van der Waals surface area contributed by atoms with Gasteiger partial charge in [-0.2, -0.15) is 0 Å². The van der Waals surface area contributed by atoms with Crippen molar-refractivity contribution in [1.82, 2.24) is 4.90 Å². The highest BCUT2D eigenvalue weighted by Crippen LogP contribution is 2.31. The highest BCUT2D eigenvalue weighted by atomic mass is 19.1. The Labute approximate surface area is 146 Å². The summed E-state index contributed by atoms with van der Waals surface area (Å²) in [6, 6.07) is 12.1. The summed E-state index contributed by atoms with van der Waals surface area (Å²) in [4.78, 5) is 14.6. The first-order valence-corrected chi connectivity index (χ1v) is 8.27. The van der Waals surface area contributed by atoms with Gasteiger partial charge in [0.25, 0.3) is 0 Å². The predicted molar refractivity (Wildman–Crippen MR) is 91.0 cm³/mol. The van der Waals surface area contributed by atoms with Gasteiger partial charge in [0, 0.05) is 0 Å². The molecule has 0 bridgehead atoms. The molecule has 1 amide bonds. The van der Waals surface area contributed by atoms with Crippen LogP contribution in [0.4, 0.5) is 8.78 Å². The van der Waals surface area contributed by atoms with Crippen molar-refractivity contribution >= 4 is 5.91 Å². The van der Waals surface area contributed by atoms with Crippen molar-refractivity contribution in [2.45, 2.75) is 31.9 Å². The molecule has 5 heteroatoms. The lowest BCUT2D eigenvalue weighted by Crippen LogP contribution is -2.56. The van der Waals surface area contributed by atoms with Gasteiger partial charge in [-0.25, -0.2) is 8.78 Å². The predicted octanol–water partition coefficient (Wildman–Crippen LogP) is 3.89. The molecule has 0 spiro atoms. The zero-order chi connectivity index (χ0) is 18.0. The molecule has 3 nitrogen and oxygen atoms in total. The lowest BCUT2D eigenvalue weighted by molar-refractivity contribution is -0.154. The average Bonchev–Trinajstić information content (AvgIpc) is 2.57. The molecule has 1 saturated heterocycles. The van der Waals surface area contributed by atoms with E-state index in [1.807, 2.05) is 13.8 Å². The third-order valence-electron chi connectivity index (χ3n) is 4.53. The number of amides is 1. The molecule has 1 heterocycles. The maximum Gasteiger partial charge on any atom is 0.227 e. The van der Waals surface area contributed by atoms with Gasteiger partial charge in [0.1, 0.15) is 17.7 Å². The highest BCUT2D eigenvalue weighted by molar-refractivity contribution is 5.79. The molecule has 0 N–H and O–H groups in total. The number of nitrogens with zero attached hydrogens (tertiary/aromatic N) is 1. The second-order valence-corrected chi connectivity index (χ2v) is 6.97. The van der Waals surface area contributed by atoms with Crippen molar-refractivity contribution in [3.8, 4) is 0 Å². The molecular weight excluding hydrogens is 324 g/mol. The molecular formula is C20H21F2NO2. The molecule has 1 aliphatic heterocycles. The molecule has 0 saturated carbocycles. The van der Waals surface area contributed by atoms with E-state index in [2.05, 4.69) is 0 Å². The topological polar surface area (TPSA) is 29.5 Å². The Morgan fingerprint density at radius 2 is 1.64 bits per heavy atom. The molecule has 0 aromatic heterocycles. The Bertz CT molecular complexity index is 741. The van der Waals surface area contributed by atoms with E-state index in [9.17, 15) is 13.6 Å². The Balaban J connectivity index is 1.75. The zero-order valence-electron chi connectivity index (χ0n) is 14.3. The van der Waals surface area contributed by atoms with Crippen LogP contribution in [0.5, 0.6) is 0 Å². The third kappa shape index (κ3) is 4.04. The summed E-state index contributed by atoms with van der Waals surface area (Å²) in [6.07, 6.45) is -0.0781. The van der Waals surface area contributed by atoms with Crippen LogP contribution in [0.3, 0.4) is 0 Å². The largest absolute Gasteiger partial charge is 0.369 e. The van der Waals surface area contributed by atoms with Crippen LogP contribution in [0.2, 0.25) is 0 Å². The molecule has 132 valence electrons. The summed E-state index contributed by atoms with van der Waals surface area (Å²) in [5.41, 5.74) is 1.18. The van der Waals surface area contributed by atoms with Gasteiger partial charge in [-0.3, -0.25) is 4.79 Å². The average molecular weight is 345 g/mol. The van der Waals surface area contributed by atoms with Crippen LogP contribution >= 0.6 is 0 Å². The van der Waals surface area contributed by atoms with Crippen LogP contribution in [-0.4, -0.2) is 29.5 Å². The first-order chi connectivity index (χ1) is 11.8. The molecule has 1 unspecified atom stereocenters. The maximum atomic E-state index is 13.1. The lowest BCUT2D eigenvalue weighted by Gasteiger charge is -2.45. The Hall–Kier alpha value is -2.27. The van der Waals surface area contributed by atoms with E-state index in [4.69, 9.17) is 4.74 Å². The second-order valence-electron chi connectivity index (χ2n) is 6.97. The summed E-state index contributed by atoms with van der Waals surface area (Å²) in [7, 11) is 0. The van der Waals surface area contributed by atoms with Gasteiger partial charge in [0.15, 0.2) is 0 Å². The summed E-state index contributed by atoms with van der Waals surface area (Å²) < 4.78 is 32.1. The normalized spacial score (nSPS) is 19.7. The standard InChI is InChI=1S/C20H21F2NO2/c1-20(2)13-25-18(15-5-9-17(22)10-6-15)12-23(20)19(24)11-14-3-7-16(21)8-4-14/h3-10,18H,11-13H2,1-2H3. The SMILES string of the molecule is CC1(C)COC(c2ccc(F)cc2)CN1C(=O)Cc1ccc(F)cc1. The summed E-state index contributed by atoms with van der Waals surface area (Å²) >= 11 is 0. The molecule has 1 aliphatic rings. The fourth-order valence-corrected chi connectivity index (χ4v) is 3.04. The summed E-state index contributed by atoms with van der Waals surface area (Å²) in [6.45, 7) is 4.70. The molecule has 1 atom stereocenters. The molecule has 1 fully saturated rings. The molecule has 2 aromatic rings. The Morgan fingerprint density at radius 1 is 1.08 bits per heavy atom. The third-order valence-corrected chi connectivity index (χ3v) is 4.53. The number of carbonyl (C=O) groups excluding carboxylic acids is 1. The van der Waals surface area contributed by atoms with E-state index in [1.54, 1.807) is 29.2 Å². The first kappa shape index (κ1) is 17.5. The van der Waals surface area contributed by atoms with Gasteiger partial charge in [-0.1, -0.05) is 24.3 Å². The van der Waals surface area contributed by atoms with Gasteiger partial charge >= 0.3 is 0 Å². The first-order valence-electron chi connectivity index (χ1n) is 8.27. The van der Waals surface area contributed by atoms with Crippen molar-refractivity contribution in [2.24, 2.45) is 0 Å². The molecule has 0 aliphatic carbocycles. The van der Waals surface area contributed by atoms with Gasteiger partial charge in [0.2, 0.25) is 5.91 Å². The number of ether oxygens (including phenoxy) is 1. The Morgan fingerprint density at radius 3 is 2.24 bits per heavy atom. The number of hydrogen-bond acceptors (Lipinski definition) is 2. The van der Waals surface area contributed by atoms with E-state index < -0.39 is 5.54 Å². The van der Waals surface area contributed by atoms with Gasteiger partial charge in [-0.05, 0) is 49.2 Å². The fraction of sp³-hybridized carbons (Fsp3) is 0.350. The summed E-state index contributed by atoms with van der Waals surface area (Å²) in [5.74, 6) is -0.657. The quantitative estimate of drug-likeness (QED) is 0.845. The minimum atomic E-state index is -0.437. The lowest BCUT2D eigenvalue weighted by atomic mass is 9.97. The second kappa shape index (κ2) is 6.92. The smallest absolute Gasteiger partial charge is 0.227 e. The monoisotopic (exact) mass is 345 g/mol. The van der Waals surface area contributed by atoms with Crippen LogP contribution in [0.1, 0.15) is 31.1 Å². The van der Waals surface area contributed by atoms with Gasteiger partial charge < -0.3 is 9.64 Å². The van der Waals surface area contributed by atoms with Gasteiger partial charge in [0.05, 0.1) is 25.1 Å². The van der Waals surface area contributed by atoms with E-state index in [0.717, 1.165) is 11.1 Å². The van der Waals surface area contributed by atoms with E-state index >= 15 is 0 Å². The van der Waals surface area contributed by atoms with E-state index in [0.29, 0.717) is 13.2 Å². The summed E-state index contributed by atoms with van der Waals surface area (Å²) in [5, 5.41) is 0. The van der Waals surface area contributed by atoms with Crippen LogP contribution in [0, 0.1) is 11.6 Å². The van der Waals surface area contributed by atoms with Crippen molar-refractivity contribution in [3.63, 3.8) is 0 Å².